The van der Waals surface area contributed by atoms with Crippen LogP contribution in [0.5, 0.6) is 0 Å². The molecular formula is C22H19ClN6O4. The van der Waals surface area contributed by atoms with Crippen molar-refractivity contribution in [1.29, 1.82) is 10.8 Å². The molecule has 1 atom stereocenters. The SMILES string of the molecule is Cc1cc([C@@H](C)Nc2ccc(Cl)nc2-c2noc(=O)[nH]2)c2oc(C(=N)C=N)c(C)c(=O)c2c1. The van der Waals surface area contributed by atoms with Crippen molar-refractivity contribution in [3.63, 3.8) is 0 Å². The van der Waals surface area contributed by atoms with E-state index in [1.807, 2.05) is 19.9 Å². The molecule has 168 valence electrons. The third-order valence-electron chi connectivity index (χ3n) is 5.15. The summed E-state index contributed by atoms with van der Waals surface area (Å²) in [6.45, 7) is 5.31. The van der Waals surface area contributed by atoms with Crippen molar-refractivity contribution >= 4 is 40.2 Å². The summed E-state index contributed by atoms with van der Waals surface area (Å²) in [7, 11) is 0. The van der Waals surface area contributed by atoms with E-state index in [0.717, 1.165) is 11.8 Å². The lowest BCUT2D eigenvalue weighted by Gasteiger charge is -2.19. The molecular weight excluding hydrogens is 448 g/mol. The predicted octanol–water partition coefficient (Wildman–Crippen LogP) is 3.99. The Morgan fingerprint density at radius 3 is 2.70 bits per heavy atom. The van der Waals surface area contributed by atoms with Gasteiger partial charge in [-0.05, 0) is 44.5 Å². The van der Waals surface area contributed by atoms with Crippen molar-refractivity contribution in [2.24, 2.45) is 0 Å². The first-order chi connectivity index (χ1) is 15.7. The van der Waals surface area contributed by atoms with E-state index < -0.39 is 11.8 Å². The summed E-state index contributed by atoms with van der Waals surface area (Å²) in [6, 6.07) is 6.47. The van der Waals surface area contributed by atoms with Crippen molar-refractivity contribution in [1.82, 2.24) is 15.1 Å². The quantitative estimate of drug-likeness (QED) is 0.246. The summed E-state index contributed by atoms with van der Waals surface area (Å²) in [6.07, 6.45) is 0.830. The Labute approximate surface area is 191 Å². The number of halogens is 1. The van der Waals surface area contributed by atoms with Crippen LogP contribution in [-0.4, -0.2) is 27.1 Å². The van der Waals surface area contributed by atoms with E-state index in [0.29, 0.717) is 22.2 Å². The van der Waals surface area contributed by atoms with Crippen LogP contribution in [0.15, 0.2) is 42.8 Å². The summed E-state index contributed by atoms with van der Waals surface area (Å²) in [5, 5.41) is 22.9. The number of benzene rings is 1. The van der Waals surface area contributed by atoms with E-state index >= 15 is 0 Å². The lowest BCUT2D eigenvalue weighted by Crippen LogP contribution is -2.16. The highest BCUT2D eigenvalue weighted by atomic mass is 35.5. The minimum Gasteiger partial charge on any atom is -0.453 e. The number of rotatable bonds is 6. The third-order valence-corrected chi connectivity index (χ3v) is 5.36. The van der Waals surface area contributed by atoms with E-state index in [9.17, 15) is 9.59 Å². The van der Waals surface area contributed by atoms with Crippen molar-refractivity contribution < 1.29 is 8.94 Å². The zero-order valence-corrected chi connectivity index (χ0v) is 18.6. The fourth-order valence-electron chi connectivity index (χ4n) is 3.59. The standard InChI is InChI=1S/C22H19ClN6O4/c1-9-6-12(20-13(7-9)18(30)10(2)19(32-20)14(25)8-24)11(3)26-15-4-5-16(23)27-17(15)21-28-22(31)33-29-21/h4-8,11,24-26H,1-3H3,(H,28,29,31)/t11-/m1/s1. The van der Waals surface area contributed by atoms with Crippen LogP contribution in [0.4, 0.5) is 5.69 Å². The van der Waals surface area contributed by atoms with Crippen LogP contribution in [-0.2, 0) is 0 Å². The summed E-state index contributed by atoms with van der Waals surface area (Å²) in [4.78, 5) is 31.1. The molecule has 4 rings (SSSR count). The molecule has 0 bridgehead atoms. The fourth-order valence-corrected chi connectivity index (χ4v) is 3.73. The Balaban J connectivity index is 1.86. The van der Waals surface area contributed by atoms with Gasteiger partial charge in [-0.1, -0.05) is 22.8 Å². The van der Waals surface area contributed by atoms with Crippen molar-refractivity contribution in [2.75, 3.05) is 5.32 Å². The summed E-state index contributed by atoms with van der Waals surface area (Å²) >= 11 is 6.04. The Morgan fingerprint density at radius 1 is 1.27 bits per heavy atom. The van der Waals surface area contributed by atoms with Gasteiger partial charge in [-0.3, -0.25) is 19.7 Å². The van der Waals surface area contributed by atoms with Crippen LogP contribution in [0.2, 0.25) is 5.15 Å². The maximum atomic E-state index is 13.0. The molecule has 3 aromatic heterocycles. The van der Waals surface area contributed by atoms with Gasteiger partial charge in [-0.2, -0.15) is 0 Å². The Morgan fingerprint density at radius 2 is 2.03 bits per heavy atom. The van der Waals surface area contributed by atoms with Crippen LogP contribution >= 0.6 is 11.6 Å². The van der Waals surface area contributed by atoms with Gasteiger partial charge in [-0.15, -0.1) is 0 Å². The second-order valence-electron chi connectivity index (χ2n) is 7.51. The molecule has 0 saturated carbocycles. The van der Waals surface area contributed by atoms with Gasteiger partial charge in [0.15, 0.2) is 11.2 Å². The van der Waals surface area contributed by atoms with E-state index in [1.165, 1.54) is 0 Å². The Hall–Kier alpha value is -4.05. The monoisotopic (exact) mass is 466 g/mol. The van der Waals surface area contributed by atoms with Crippen molar-refractivity contribution in [2.45, 2.75) is 26.8 Å². The molecule has 0 fully saturated rings. The number of hydrogen-bond acceptors (Lipinski definition) is 9. The molecule has 0 saturated heterocycles. The highest BCUT2D eigenvalue weighted by Crippen LogP contribution is 2.32. The van der Waals surface area contributed by atoms with E-state index in [2.05, 4.69) is 25.0 Å². The minimum absolute atomic E-state index is 0.0498. The number of aromatic nitrogens is 3. The second-order valence-corrected chi connectivity index (χ2v) is 7.90. The lowest BCUT2D eigenvalue weighted by molar-refractivity contribution is 0.388. The van der Waals surface area contributed by atoms with Crippen LogP contribution in [0.3, 0.4) is 0 Å². The number of fused-ring (bicyclic) bond motifs is 1. The number of H-pyrrole nitrogens is 1. The fraction of sp³-hybridized carbons (Fsp3) is 0.182. The summed E-state index contributed by atoms with van der Waals surface area (Å²) in [5.74, 6) is -0.572. The number of aryl methyl sites for hydroxylation is 1. The summed E-state index contributed by atoms with van der Waals surface area (Å²) in [5.41, 5.74) is 2.43. The molecule has 0 unspecified atom stereocenters. The molecule has 11 heteroatoms. The maximum Gasteiger partial charge on any atom is 0.439 e. The number of anilines is 1. The predicted molar refractivity (Wildman–Crippen MR) is 125 cm³/mol. The van der Waals surface area contributed by atoms with Crippen LogP contribution < -0.4 is 16.5 Å². The van der Waals surface area contributed by atoms with E-state index in [-0.39, 0.29) is 39.1 Å². The highest BCUT2D eigenvalue weighted by molar-refractivity contribution is 6.35. The lowest BCUT2D eigenvalue weighted by atomic mass is 9.99. The molecule has 4 N–H and O–H groups in total. The average molecular weight is 467 g/mol. The molecule has 1 aromatic carbocycles. The number of hydrogen-bond donors (Lipinski definition) is 4. The zero-order chi connectivity index (χ0) is 23.9. The first-order valence-corrected chi connectivity index (χ1v) is 10.2. The van der Waals surface area contributed by atoms with Crippen LogP contribution in [0.1, 0.15) is 35.4 Å². The van der Waals surface area contributed by atoms with Gasteiger partial charge in [0.05, 0.1) is 17.1 Å². The molecule has 0 radical (unpaired) electrons. The normalized spacial score (nSPS) is 12.0. The van der Waals surface area contributed by atoms with E-state index in [4.69, 9.17) is 26.8 Å². The van der Waals surface area contributed by atoms with Gasteiger partial charge in [0.1, 0.15) is 22.1 Å². The largest absolute Gasteiger partial charge is 0.453 e. The molecule has 4 aromatic rings. The number of nitrogens with one attached hydrogen (secondary N) is 4. The third kappa shape index (κ3) is 4.08. The van der Waals surface area contributed by atoms with Gasteiger partial charge in [-0.25, -0.2) is 9.78 Å². The molecule has 3 heterocycles. The molecule has 0 amide bonds. The molecule has 10 nitrogen and oxygen atoms in total. The maximum absolute atomic E-state index is 13.0. The van der Waals surface area contributed by atoms with Gasteiger partial charge in [0, 0.05) is 17.3 Å². The zero-order valence-electron chi connectivity index (χ0n) is 17.9. The van der Waals surface area contributed by atoms with Gasteiger partial charge >= 0.3 is 5.76 Å². The molecule has 0 aliphatic rings. The highest BCUT2D eigenvalue weighted by Gasteiger charge is 2.21. The smallest absolute Gasteiger partial charge is 0.439 e. The van der Waals surface area contributed by atoms with Gasteiger partial charge in [0.2, 0.25) is 5.82 Å². The van der Waals surface area contributed by atoms with Gasteiger partial charge < -0.3 is 15.1 Å². The van der Waals surface area contributed by atoms with E-state index in [1.54, 1.807) is 25.1 Å². The Bertz CT molecular complexity index is 1530. The second kappa shape index (κ2) is 8.47. The molecule has 0 spiro atoms. The van der Waals surface area contributed by atoms with Gasteiger partial charge in [0.25, 0.3) is 0 Å². The van der Waals surface area contributed by atoms with Crippen LogP contribution in [0, 0.1) is 24.7 Å². The van der Waals surface area contributed by atoms with Crippen molar-refractivity contribution in [3.05, 3.63) is 72.6 Å². The average Bonchev–Trinajstić information content (AvgIpc) is 3.22. The summed E-state index contributed by atoms with van der Waals surface area (Å²) < 4.78 is 10.6. The first-order valence-electron chi connectivity index (χ1n) is 9.86. The van der Waals surface area contributed by atoms with Crippen LogP contribution in [0.25, 0.3) is 22.5 Å². The number of pyridine rings is 1. The van der Waals surface area contributed by atoms with Crippen molar-refractivity contribution in [3.8, 4) is 11.5 Å². The first kappa shape index (κ1) is 22.2. The molecule has 0 aliphatic heterocycles. The molecule has 33 heavy (non-hydrogen) atoms. The minimum atomic E-state index is -0.728. The topological polar surface area (TPSA) is 162 Å². The molecule has 0 aliphatic carbocycles. The number of nitrogens with zero attached hydrogens (tertiary/aromatic N) is 2. The number of aromatic amines is 1. The Kier molecular flexibility index (Phi) is 5.69.